The van der Waals surface area contributed by atoms with Gasteiger partial charge in [0.25, 0.3) is 5.78 Å². The summed E-state index contributed by atoms with van der Waals surface area (Å²) in [7, 11) is 0. The van der Waals surface area contributed by atoms with Gasteiger partial charge in [-0.15, -0.1) is 0 Å². The lowest BCUT2D eigenvalue weighted by molar-refractivity contribution is -0.166. The molecule has 0 aliphatic heterocycles. The van der Waals surface area contributed by atoms with Gasteiger partial charge in [0.1, 0.15) is 11.5 Å². The van der Waals surface area contributed by atoms with Gasteiger partial charge in [0.15, 0.2) is 5.78 Å². The third-order valence-corrected chi connectivity index (χ3v) is 4.45. The van der Waals surface area contributed by atoms with Gasteiger partial charge in [-0.05, 0) is 36.4 Å². The number of hydrogen-bond acceptors (Lipinski definition) is 3. The second-order valence-corrected chi connectivity index (χ2v) is 6.75. The van der Waals surface area contributed by atoms with Crippen LogP contribution in [0.15, 0.2) is 70.7 Å². The Hall–Kier alpha value is -2.83. The normalized spacial score (nSPS) is 12.1. The molecule has 0 bridgehead atoms. The Kier molecular flexibility index (Phi) is 5.96. The fraction of sp³-hybridized carbons (Fsp3) is 0.0476. The van der Waals surface area contributed by atoms with Gasteiger partial charge in [-0.2, -0.15) is 13.2 Å². The molecule has 0 N–H and O–H groups in total. The summed E-state index contributed by atoms with van der Waals surface area (Å²) in [6, 6.07) is 14.6. The van der Waals surface area contributed by atoms with Crippen molar-refractivity contribution < 1.29 is 27.2 Å². The molecule has 8 heteroatoms. The molecule has 3 aromatic rings. The van der Waals surface area contributed by atoms with Crippen LogP contribution in [0.2, 0.25) is 10.0 Å². The van der Waals surface area contributed by atoms with Crippen molar-refractivity contribution in [2.45, 2.75) is 6.18 Å². The van der Waals surface area contributed by atoms with Crippen LogP contribution in [0.3, 0.4) is 0 Å². The minimum Gasteiger partial charge on any atom is -0.457 e. The molecule has 0 unspecified atom stereocenters. The van der Waals surface area contributed by atoms with E-state index in [-0.39, 0.29) is 17.1 Å². The summed E-state index contributed by atoms with van der Waals surface area (Å²) in [6.45, 7) is 0. The summed E-state index contributed by atoms with van der Waals surface area (Å²) in [5.41, 5.74) is -0.695. The van der Waals surface area contributed by atoms with Gasteiger partial charge in [0.2, 0.25) is 0 Å². The molecule has 29 heavy (non-hydrogen) atoms. The fourth-order valence-electron chi connectivity index (χ4n) is 2.54. The number of Topliss-reactive ketones (excluding diaryl/α,β-unsaturated/α-hetero) is 2. The van der Waals surface area contributed by atoms with Gasteiger partial charge in [-0.25, -0.2) is 0 Å². The zero-order valence-corrected chi connectivity index (χ0v) is 16.0. The van der Waals surface area contributed by atoms with E-state index < -0.39 is 23.3 Å². The smallest absolute Gasteiger partial charge is 0.455 e. The van der Waals surface area contributed by atoms with Crippen LogP contribution in [0.4, 0.5) is 13.2 Å². The highest BCUT2D eigenvalue weighted by atomic mass is 35.5. The third kappa shape index (κ3) is 4.78. The van der Waals surface area contributed by atoms with Crippen LogP contribution in [0, 0.1) is 0 Å². The Balaban J connectivity index is 2.05. The van der Waals surface area contributed by atoms with Crippen LogP contribution in [0.25, 0.3) is 17.4 Å². The van der Waals surface area contributed by atoms with E-state index in [1.54, 1.807) is 12.1 Å². The Labute approximate surface area is 173 Å². The molecule has 3 nitrogen and oxygen atoms in total. The molecule has 1 aromatic heterocycles. The lowest BCUT2D eigenvalue weighted by Crippen LogP contribution is -2.28. The van der Waals surface area contributed by atoms with Crippen LogP contribution >= 0.6 is 23.2 Å². The molecule has 2 aromatic carbocycles. The van der Waals surface area contributed by atoms with Crippen LogP contribution < -0.4 is 0 Å². The van der Waals surface area contributed by atoms with E-state index in [9.17, 15) is 22.8 Å². The van der Waals surface area contributed by atoms with Crippen molar-refractivity contribution in [2.75, 3.05) is 0 Å². The second-order valence-electron chi connectivity index (χ2n) is 5.91. The number of carbonyl (C=O) groups is 2. The van der Waals surface area contributed by atoms with Crippen molar-refractivity contribution >= 4 is 40.8 Å². The molecule has 0 amide bonds. The van der Waals surface area contributed by atoms with Crippen molar-refractivity contribution in [1.82, 2.24) is 0 Å². The molecular formula is C21H11Cl2F3O3. The maximum absolute atomic E-state index is 13.0. The average molecular weight is 439 g/mol. The first-order valence-corrected chi connectivity index (χ1v) is 8.90. The van der Waals surface area contributed by atoms with Gasteiger partial charge >= 0.3 is 6.18 Å². The summed E-state index contributed by atoms with van der Waals surface area (Å²) < 4.78 is 44.6. The maximum Gasteiger partial charge on any atom is 0.455 e. The number of rotatable bonds is 5. The Morgan fingerprint density at radius 1 is 0.931 bits per heavy atom. The quantitative estimate of drug-likeness (QED) is 0.194. The highest BCUT2D eigenvalue weighted by molar-refractivity contribution is 6.35. The predicted molar refractivity (Wildman–Crippen MR) is 104 cm³/mol. The summed E-state index contributed by atoms with van der Waals surface area (Å²) in [4.78, 5) is 24.4. The van der Waals surface area contributed by atoms with E-state index >= 15 is 0 Å². The molecule has 0 spiro atoms. The lowest BCUT2D eigenvalue weighted by Gasteiger charge is -2.08. The van der Waals surface area contributed by atoms with Crippen LogP contribution in [0.5, 0.6) is 0 Å². The third-order valence-electron chi connectivity index (χ3n) is 3.89. The Morgan fingerprint density at radius 3 is 2.28 bits per heavy atom. The highest BCUT2D eigenvalue weighted by Crippen LogP contribution is 2.33. The molecule has 1 heterocycles. The first-order chi connectivity index (χ1) is 13.7. The summed E-state index contributed by atoms with van der Waals surface area (Å²) in [5.74, 6) is -3.22. The van der Waals surface area contributed by atoms with Crippen LogP contribution in [-0.4, -0.2) is 17.7 Å². The van der Waals surface area contributed by atoms with Gasteiger partial charge in [0.05, 0.1) is 10.6 Å². The van der Waals surface area contributed by atoms with Gasteiger partial charge < -0.3 is 4.42 Å². The number of allylic oxidation sites excluding steroid dienone is 1. The molecule has 0 saturated heterocycles. The van der Waals surface area contributed by atoms with Gasteiger partial charge in [-0.1, -0.05) is 53.5 Å². The zero-order valence-electron chi connectivity index (χ0n) is 14.5. The standard InChI is InChI=1S/C21H11Cl2F3O3/c22-13-6-8-17(23)15(10-13)18-9-7-14(29-18)11-16(20(28)21(24,25)26)19(27)12-4-2-1-3-5-12/h1-11H/b16-11-. The molecule has 0 aliphatic rings. The van der Waals surface area contributed by atoms with Crippen molar-refractivity contribution in [3.8, 4) is 11.3 Å². The number of alkyl halides is 3. The Bertz CT molecular complexity index is 1100. The monoisotopic (exact) mass is 438 g/mol. The van der Waals surface area contributed by atoms with E-state index in [2.05, 4.69) is 0 Å². The average Bonchev–Trinajstić information content (AvgIpc) is 3.15. The van der Waals surface area contributed by atoms with Crippen molar-refractivity contribution in [3.63, 3.8) is 0 Å². The lowest BCUT2D eigenvalue weighted by atomic mass is 9.99. The van der Waals surface area contributed by atoms with Crippen LogP contribution in [0.1, 0.15) is 16.1 Å². The molecular weight excluding hydrogens is 428 g/mol. The number of carbonyl (C=O) groups excluding carboxylic acids is 2. The minimum absolute atomic E-state index is 0.0546. The molecule has 0 radical (unpaired) electrons. The topological polar surface area (TPSA) is 47.3 Å². The Morgan fingerprint density at radius 2 is 1.62 bits per heavy atom. The highest BCUT2D eigenvalue weighted by Gasteiger charge is 2.43. The van der Waals surface area contributed by atoms with E-state index in [4.69, 9.17) is 27.6 Å². The molecule has 0 saturated carbocycles. The molecule has 0 fully saturated rings. The molecule has 3 rings (SSSR count). The predicted octanol–water partition coefficient (Wildman–Crippen LogP) is 6.65. The van der Waals surface area contributed by atoms with Crippen LogP contribution in [-0.2, 0) is 4.79 Å². The number of hydrogen-bond donors (Lipinski definition) is 0. The minimum atomic E-state index is -5.22. The fourth-order valence-corrected chi connectivity index (χ4v) is 2.92. The van der Waals surface area contributed by atoms with E-state index in [1.165, 1.54) is 48.5 Å². The second kappa shape index (κ2) is 8.27. The maximum atomic E-state index is 13.0. The molecule has 0 aliphatic carbocycles. The first-order valence-electron chi connectivity index (χ1n) is 8.15. The number of furan rings is 1. The summed E-state index contributed by atoms with van der Waals surface area (Å²) in [5, 5.41) is 0.691. The van der Waals surface area contributed by atoms with Crippen molar-refractivity contribution in [2.24, 2.45) is 0 Å². The van der Waals surface area contributed by atoms with Gasteiger partial charge in [-0.3, -0.25) is 9.59 Å². The van der Waals surface area contributed by atoms with E-state index in [0.29, 0.717) is 15.6 Å². The first kappa shape index (κ1) is 20.9. The number of ketones is 2. The van der Waals surface area contributed by atoms with Crippen molar-refractivity contribution in [3.05, 3.63) is 87.6 Å². The number of halogens is 5. The summed E-state index contributed by atoms with van der Waals surface area (Å²) >= 11 is 12.0. The van der Waals surface area contributed by atoms with Crippen molar-refractivity contribution in [1.29, 1.82) is 0 Å². The van der Waals surface area contributed by atoms with E-state index in [0.717, 1.165) is 6.08 Å². The molecule has 0 atom stereocenters. The summed E-state index contributed by atoms with van der Waals surface area (Å²) in [6.07, 6.45) is -4.45. The SMILES string of the molecule is O=C(/C(=C/c1ccc(-c2cc(Cl)ccc2Cl)o1)C(=O)C(F)(F)F)c1ccccc1. The number of benzene rings is 2. The zero-order chi connectivity index (χ0) is 21.2. The van der Waals surface area contributed by atoms with Gasteiger partial charge in [0, 0.05) is 16.1 Å². The van der Waals surface area contributed by atoms with E-state index in [1.807, 2.05) is 0 Å². The largest absolute Gasteiger partial charge is 0.457 e. The molecule has 148 valence electrons.